The van der Waals surface area contributed by atoms with Crippen LogP contribution in [-0.4, -0.2) is 33.3 Å². The fourth-order valence-electron chi connectivity index (χ4n) is 3.01. The van der Waals surface area contributed by atoms with Crippen molar-refractivity contribution in [1.29, 1.82) is 0 Å². The number of benzene rings is 1. The number of ketones is 2. The summed E-state index contributed by atoms with van der Waals surface area (Å²) < 4.78 is 10.6. The standard InChI is InChI=1S/C21H18O7/c1-4-5-14-7-12-8-17(24)21(3,19(25)15(12)10-27-14)28-20(26)18-11(2)6-13(22)9-16(18)23/h4-10,22-23H,1-3H3/b5-4+/t21-/m0/s1. The van der Waals surface area contributed by atoms with Gasteiger partial charge in [-0.1, -0.05) is 6.08 Å². The molecule has 1 aliphatic carbocycles. The van der Waals surface area contributed by atoms with Crippen LogP contribution in [0.5, 0.6) is 11.5 Å². The van der Waals surface area contributed by atoms with E-state index in [-0.39, 0.29) is 22.4 Å². The zero-order valence-corrected chi connectivity index (χ0v) is 15.5. The second-order valence-electron chi connectivity index (χ2n) is 6.57. The molecule has 7 heteroatoms. The van der Waals surface area contributed by atoms with E-state index in [1.807, 2.05) is 0 Å². The quantitative estimate of drug-likeness (QED) is 0.611. The molecule has 0 amide bonds. The lowest BCUT2D eigenvalue weighted by Crippen LogP contribution is -2.50. The van der Waals surface area contributed by atoms with Crippen LogP contribution in [0.1, 0.15) is 29.8 Å². The third-order valence-electron chi connectivity index (χ3n) is 4.49. The number of phenols is 2. The molecule has 0 saturated heterocycles. The molecule has 0 unspecified atom stereocenters. The molecule has 0 radical (unpaired) electrons. The third kappa shape index (κ3) is 3.11. The first-order chi connectivity index (χ1) is 13.2. The van der Waals surface area contributed by atoms with Gasteiger partial charge in [0, 0.05) is 6.07 Å². The zero-order chi connectivity index (χ0) is 20.6. The van der Waals surface area contributed by atoms with Crippen molar-refractivity contribution in [3.05, 3.63) is 70.7 Å². The molecule has 0 spiro atoms. The SMILES string of the molecule is C/C=C/C1=CC2=CC(=O)[C@](C)(OC(=O)c3c(C)cc(O)cc3O)C(=O)C2=CO1. The van der Waals surface area contributed by atoms with E-state index in [4.69, 9.17) is 9.47 Å². The fraction of sp³-hybridized carbons (Fsp3) is 0.190. The Kier molecular flexibility index (Phi) is 4.68. The molecule has 0 bridgehead atoms. The molecule has 7 nitrogen and oxygen atoms in total. The molecule has 1 atom stereocenters. The third-order valence-corrected chi connectivity index (χ3v) is 4.49. The van der Waals surface area contributed by atoms with Gasteiger partial charge in [0.15, 0.2) is 0 Å². The van der Waals surface area contributed by atoms with E-state index >= 15 is 0 Å². The lowest BCUT2D eigenvalue weighted by molar-refractivity contribution is -0.145. The summed E-state index contributed by atoms with van der Waals surface area (Å²) in [6, 6.07) is 2.23. The minimum absolute atomic E-state index is 0.106. The number of aryl methyl sites for hydroxylation is 1. The summed E-state index contributed by atoms with van der Waals surface area (Å²) in [5.74, 6) is -2.77. The van der Waals surface area contributed by atoms with Gasteiger partial charge in [0.25, 0.3) is 0 Å². The molecule has 144 valence electrons. The molecular weight excluding hydrogens is 364 g/mol. The van der Waals surface area contributed by atoms with Crippen LogP contribution in [0.2, 0.25) is 0 Å². The van der Waals surface area contributed by atoms with Gasteiger partial charge in [0.1, 0.15) is 29.1 Å². The Hall–Kier alpha value is -3.61. The molecule has 2 aliphatic rings. The van der Waals surface area contributed by atoms with Crippen LogP contribution in [0.15, 0.2) is 59.6 Å². The van der Waals surface area contributed by atoms with Crippen LogP contribution >= 0.6 is 0 Å². The molecule has 28 heavy (non-hydrogen) atoms. The first kappa shape index (κ1) is 19.2. The number of phenolic OH excluding ortho intramolecular Hbond substituents is 2. The second kappa shape index (κ2) is 6.84. The van der Waals surface area contributed by atoms with Gasteiger partial charge in [-0.3, -0.25) is 9.59 Å². The summed E-state index contributed by atoms with van der Waals surface area (Å²) >= 11 is 0. The maximum Gasteiger partial charge on any atom is 0.343 e. The van der Waals surface area contributed by atoms with Crippen molar-refractivity contribution in [3.63, 3.8) is 0 Å². The Morgan fingerprint density at radius 1 is 1.21 bits per heavy atom. The molecule has 1 aliphatic heterocycles. The summed E-state index contributed by atoms with van der Waals surface area (Å²) in [5.41, 5.74) is -1.63. The van der Waals surface area contributed by atoms with Crippen LogP contribution in [0, 0.1) is 6.92 Å². The molecule has 2 N–H and O–H groups in total. The Morgan fingerprint density at radius 3 is 2.57 bits per heavy atom. The van der Waals surface area contributed by atoms with Crippen molar-refractivity contribution in [2.45, 2.75) is 26.4 Å². The highest BCUT2D eigenvalue weighted by Crippen LogP contribution is 2.35. The fourth-order valence-corrected chi connectivity index (χ4v) is 3.01. The van der Waals surface area contributed by atoms with Gasteiger partial charge < -0.3 is 19.7 Å². The Balaban J connectivity index is 1.96. The monoisotopic (exact) mass is 382 g/mol. The van der Waals surface area contributed by atoms with Crippen molar-refractivity contribution >= 4 is 17.5 Å². The number of allylic oxidation sites excluding steroid dienone is 4. The van der Waals surface area contributed by atoms with Crippen molar-refractivity contribution in [2.24, 2.45) is 0 Å². The number of fused-ring (bicyclic) bond motifs is 1. The smallest absolute Gasteiger partial charge is 0.343 e. The highest BCUT2D eigenvalue weighted by Gasteiger charge is 2.49. The molecule has 0 fully saturated rings. The Bertz CT molecular complexity index is 1000. The number of aromatic hydroxyl groups is 2. The summed E-state index contributed by atoms with van der Waals surface area (Å²) in [6.07, 6.45) is 7.40. The van der Waals surface area contributed by atoms with E-state index < -0.39 is 28.9 Å². The molecule has 0 aromatic heterocycles. The van der Waals surface area contributed by atoms with E-state index in [0.29, 0.717) is 11.3 Å². The molecule has 3 rings (SSSR count). The Morgan fingerprint density at radius 2 is 1.93 bits per heavy atom. The average molecular weight is 382 g/mol. The number of carbonyl (C=O) groups excluding carboxylic acids is 3. The largest absolute Gasteiger partial charge is 0.508 e. The number of rotatable bonds is 3. The van der Waals surface area contributed by atoms with Gasteiger partial charge >= 0.3 is 5.97 Å². The van der Waals surface area contributed by atoms with Crippen molar-refractivity contribution in [1.82, 2.24) is 0 Å². The number of esters is 1. The highest BCUT2D eigenvalue weighted by atomic mass is 16.6. The van der Waals surface area contributed by atoms with Gasteiger partial charge in [-0.15, -0.1) is 0 Å². The number of hydrogen-bond acceptors (Lipinski definition) is 7. The first-order valence-corrected chi connectivity index (χ1v) is 8.46. The lowest BCUT2D eigenvalue weighted by atomic mass is 9.80. The van der Waals surface area contributed by atoms with Crippen LogP contribution in [-0.2, 0) is 19.1 Å². The topological polar surface area (TPSA) is 110 Å². The van der Waals surface area contributed by atoms with Crippen molar-refractivity contribution in [3.8, 4) is 11.5 Å². The normalized spacial score (nSPS) is 21.5. The number of ether oxygens (including phenoxy) is 2. The maximum absolute atomic E-state index is 12.9. The molecule has 0 saturated carbocycles. The van der Waals surface area contributed by atoms with E-state index in [9.17, 15) is 24.6 Å². The summed E-state index contributed by atoms with van der Waals surface area (Å²) in [5, 5.41) is 19.5. The first-order valence-electron chi connectivity index (χ1n) is 8.46. The minimum Gasteiger partial charge on any atom is -0.508 e. The van der Waals surface area contributed by atoms with Crippen LogP contribution in [0.4, 0.5) is 0 Å². The lowest BCUT2D eigenvalue weighted by Gasteiger charge is -2.31. The molecular formula is C21H18O7. The van der Waals surface area contributed by atoms with Crippen molar-refractivity contribution < 1.29 is 34.1 Å². The molecule has 1 aromatic rings. The highest BCUT2D eigenvalue weighted by molar-refractivity contribution is 6.26. The van der Waals surface area contributed by atoms with Gasteiger partial charge in [-0.25, -0.2) is 4.79 Å². The van der Waals surface area contributed by atoms with E-state index in [0.717, 1.165) is 6.07 Å². The van der Waals surface area contributed by atoms with E-state index in [1.54, 1.807) is 25.2 Å². The van der Waals surface area contributed by atoms with Gasteiger partial charge in [0.05, 0.1) is 5.57 Å². The van der Waals surface area contributed by atoms with Crippen LogP contribution < -0.4 is 0 Å². The number of Topliss-reactive ketones (excluding diaryl/α,β-unsaturated/α-hetero) is 1. The minimum atomic E-state index is -2.10. The van der Waals surface area contributed by atoms with Gasteiger partial charge in [-0.05, 0) is 56.2 Å². The van der Waals surface area contributed by atoms with E-state index in [2.05, 4.69) is 0 Å². The predicted octanol–water partition coefficient (Wildman–Crippen LogP) is 2.77. The molecule has 1 aromatic carbocycles. The zero-order valence-electron chi connectivity index (χ0n) is 15.5. The summed E-state index contributed by atoms with van der Waals surface area (Å²) in [7, 11) is 0. The average Bonchev–Trinajstić information content (AvgIpc) is 2.59. The Labute approximate surface area is 160 Å². The van der Waals surface area contributed by atoms with Crippen LogP contribution in [0.3, 0.4) is 0 Å². The predicted molar refractivity (Wildman–Crippen MR) is 98.5 cm³/mol. The molecule has 1 heterocycles. The second-order valence-corrected chi connectivity index (χ2v) is 6.57. The van der Waals surface area contributed by atoms with Gasteiger partial charge in [0.2, 0.25) is 17.2 Å². The summed E-state index contributed by atoms with van der Waals surface area (Å²) in [6.45, 7) is 4.47. The van der Waals surface area contributed by atoms with E-state index in [1.165, 1.54) is 32.3 Å². The van der Waals surface area contributed by atoms with Crippen LogP contribution in [0.25, 0.3) is 0 Å². The van der Waals surface area contributed by atoms with Crippen molar-refractivity contribution in [2.75, 3.05) is 0 Å². The van der Waals surface area contributed by atoms with Gasteiger partial charge in [-0.2, -0.15) is 0 Å². The maximum atomic E-state index is 12.9. The number of carbonyl (C=O) groups is 3. The number of hydrogen-bond donors (Lipinski definition) is 2. The summed E-state index contributed by atoms with van der Waals surface area (Å²) in [4.78, 5) is 38.2.